The van der Waals surface area contributed by atoms with Crippen molar-refractivity contribution in [1.29, 1.82) is 0 Å². The molecule has 31 heavy (non-hydrogen) atoms. The Morgan fingerprint density at radius 2 is 2.00 bits per heavy atom. The number of benzene rings is 2. The third kappa shape index (κ3) is 4.01. The number of hydrogen-bond donors (Lipinski definition) is 1. The van der Waals surface area contributed by atoms with Gasteiger partial charge in [-0.25, -0.2) is 20.8 Å². The summed E-state index contributed by atoms with van der Waals surface area (Å²) < 4.78 is 1.68. The van der Waals surface area contributed by atoms with Crippen molar-refractivity contribution in [2.24, 2.45) is 0 Å². The van der Waals surface area contributed by atoms with Gasteiger partial charge in [0, 0.05) is 12.4 Å². The molecular formula is C25H18N4OPt. The van der Waals surface area contributed by atoms with E-state index in [1.165, 1.54) is 0 Å². The average molecular weight is 586 g/mol. The van der Waals surface area contributed by atoms with E-state index in [2.05, 4.69) is 27.2 Å². The molecule has 0 bridgehead atoms. The van der Waals surface area contributed by atoms with Gasteiger partial charge in [-0.15, -0.1) is 23.1 Å². The van der Waals surface area contributed by atoms with Gasteiger partial charge in [-0.2, -0.15) is 35.4 Å². The number of rotatable bonds is 5. The minimum atomic E-state index is -0.500. The van der Waals surface area contributed by atoms with E-state index in [-0.39, 0.29) is 26.8 Å². The van der Waals surface area contributed by atoms with Crippen LogP contribution in [0, 0.1) is 12.1 Å². The van der Waals surface area contributed by atoms with Gasteiger partial charge in [0.2, 0.25) is 0 Å². The molecule has 0 aliphatic heterocycles. The Morgan fingerprint density at radius 3 is 2.81 bits per heavy atom. The van der Waals surface area contributed by atoms with Crippen LogP contribution in [0.5, 0.6) is 0 Å². The van der Waals surface area contributed by atoms with Crippen LogP contribution in [0.3, 0.4) is 0 Å². The molecule has 0 saturated heterocycles. The second-order valence-corrected chi connectivity index (χ2v) is 7.09. The van der Waals surface area contributed by atoms with Crippen molar-refractivity contribution in [2.45, 2.75) is 12.8 Å². The van der Waals surface area contributed by atoms with E-state index < -0.39 is 5.92 Å². The normalized spacial score (nSPS) is 11.8. The number of H-pyrrole nitrogens is 1. The van der Waals surface area contributed by atoms with Gasteiger partial charge < -0.3 is 4.98 Å². The maximum Gasteiger partial charge on any atom is 2.00 e. The summed E-state index contributed by atoms with van der Waals surface area (Å²) in [5, 5.41) is 5.70. The average Bonchev–Trinajstić information content (AvgIpc) is 3.44. The van der Waals surface area contributed by atoms with Crippen LogP contribution in [0.4, 0.5) is 0 Å². The summed E-state index contributed by atoms with van der Waals surface area (Å²) in [6.07, 6.45) is 5.45. The second kappa shape index (κ2) is 8.82. The molecule has 1 atom stereocenters. The van der Waals surface area contributed by atoms with E-state index in [0.29, 0.717) is 11.5 Å². The van der Waals surface area contributed by atoms with E-state index in [1.54, 1.807) is 17.8 Å². The Bertz CT molecular complexity index is 1340. The van der Waals surface area contributed by atoms with E-state index >= 15 is 0 Å². The van der Waals surface area contributed by atoms with Gasteiger partial charge >= 0.3 is 21.1 Å². The van der Waals surface area contributed by atoms with Gasteiger partial charge in [-0.05, 0) is 36.8 Å². The number of carbonyl (C=O) groups is 1. The number of hydrogen-bond acceptors (Lipinski definition) is 3. The van der Waals surface area contributed by atoms with Gasteiger partial charge in [-0.1, -0.05) is 12.1 Å². The van der Waals surface area contributed by atoms with Gasteiger partial charge in [0.05, 0.1) is 11.6 Å². The van der Waals surface area contributed by atoms with Gasteiger partial charge in [-0.3, -0.25) is 4.79 Å². The molecule has 5 aromatic rings. The molecular weight excluding hydrogens is 567 g/mol. The molecule has 0 spiro atoms. The summed E-state index contributed by atoms with van der Waals surface area (Å²) in [6.45, 7) is 1.59. The van der Waals surface area contributed by atoms with Crippen molar-refractivity contribution in [2.75, 3.05) is 0 Å². The number of nitrogens with one attached hydrogen (secondary N) is 1. The molecule has 1 unspecified atom stereocenters. The first-order valence-electron chi connectivity index (χ1n) is 9.68. The summed E-state index contributed by atoms with van der Waals surface area (Å²) in [5.74, 6) is 0.219. The number of pyridine rings is 1. The predicted molar refractivity (Wildman–Crippen MR) is 115 cm³/mol. The van der Waals surface area contributed by atoms with Crippen LogP contribution in [0.1, 0.15) is 24.1 Å². The van der Waals surface area contributed by atoms with Crippen molar-refractivity contribution >= 4 is 16.7 Å². The van der Waals surface area contributed by atoms with Crippen LogP contribution < -0.4 is 0 Å². The minimum Gasteiger partial charge on any atom is -0.379 e. The molecule has 3 heterocycles. The molecule has 0 aliphatic rings. The summed E-state index contributed by atoms with van der Waals surface area (Å²) in [7, 11) is 0. The SMILES string of the molecule is CC(=O)C(c1[c-]c(-c2[c-]ccc3[nH]ccc23)ccc1)c1ccn(-c2ccccn2)n1.[Pt+2]. The quantitative estimate of drug-likeness (QED) is 0.304. The molecule has 0 saturated carbocycles. The van der Waals surface area contributed by atoms with E-state index in [1.807, 2.05) is 73.1 Å². The minimum absolute atomic E-state index is 0. The zero-order valence-corrected chi connectivity index (χ0v) is 18.9. The van der Waals surface area contributed by atoms with Gasteiger partial charge in [0.25, 0.3) is 0 Å². The van der Waals surface area contributed by atoms with Crippen molar-refractivity contribution in [1.82, 2.24) is 19.7 Å². The van der Waals surface area contributed by atoms with Crippen LogP contribution in [-0.2, 0) is 25.9 Å². The molecule has 0 aliphatic carbocycles. The van der Waals surface area contributed by atoms with Crippen molar-refractivity contribution in [3.63, 3.8) is 0 Å². The molecule has 0 amide bonds. The standard InChI is InChI=1S/C25H18N4O.Pt/c1-17(30)25(23-12-15-29(28-23)24-10-2-3-13-27-24)19-7-4-6-18(16-19)20-8-5-9-22-21(20)11-14-26-22;/h2-7,9-15,25-26H,1H3;/q-2;+2. The first kappa shape index (κ1) is 21.0. The number of ketones is 1. The Morgan fingerprint density at radius 1 is 1.10 bits per heavy atom. The number of fused-ring (bicyclic) bond motifs is 1. The van der Waals surface area contributed by atoms with Gasteiger partial charge in [0.1, 0.15) is 5.78 Å². The van der Waals surface area contributed by atoms with Crippen LogP contribution in [0.2, 0.25) is 0 Å². The first-order valence-corrected chi connectivity index (χ1v) is 9.68. The fourth-order valence-corrected chi connectivity index (χ4v) is 3.74. The van der Waals surface area contributed by atoms with Crippen LogP contribution in [0.15, 0.2) is 79.3 Å². The fourth-order valence-electron chi connectivity index (χ4n) is 3.74. The smallest absolute Gasteiger partial charge is 0.379 e. The van der Waals surface area contributed by atoms with E-state index in [4.69, 9.17) is 0 Å². The topological polar surface area (TPSA) is 63.6 Å². The Kier molecular flexibility index (Phi) is 5.96. The Balaban J connectivity index is 0.00000231. The Labute approximate surface area is 194 Å². The molecule has 0 radical (unpaired) electrons. The molecule has 5 rings (SSSR count). The summed E-state index contributed by atoms with van der Waals surface area (Å²) >= 11 is 0. The van der Waals surface area contributed by atoms with Crippen molar-refractivity contribution < 1.29 is 25.9 Å². The Hall–Kier alpha value is -3.30. The second-order valence-electron chi connectivity index (χ2n) is 7.09. The third-order valence-electron chi connectivity index (χ3n) is 5.12. The summed E-state index contributed by atoms with van der Waals surface area (Å²) in [4.78, 5) is 20.2. The fraction of sp³-hybridized carbons (Fsp3) is 0.0800. The number of aromatic nitrogens is 4. The number of Topliss-reactive ketones (excluding diaryl/α,β-unsaturated/α-hetero) is 1. The molecule has 2 aromatic carbocycles. The zero-order valence-electron chi connectivity index (χ0n) is 16.6. The number of carbonyl (C=O) groups excluding carboxylic acids is 1. The molecule has 5 nitrogen and oxygen atoms in total. The van der Waals surface area contributed by atoms with Crippen LogP contribution >= 0.6 is 0 Å². The molecule has 154 valence electrons. The zero-order chi connectivity index (χ0) is 20.5. The van der Waals surface area contributed by atoms with Crippen molar-refractivity contribution in [3.8, 4) is 16.9 Å². The number of aromatic amines is 1. The molecule has 6 heteroatoms. The van der Waals surface area contributed by atoms with E-state index in [0.717, 1.165) is 27.6 Å². The van der Waals surface area contributed by atoms with Crippen LogP contribution in [-0.4, -0.2) is 25.5 Å². The third-order valence-corrected chi connectivity index (χ3v) is 5.12. The summed E-state index contributed by atoms with van der Waals surface area (Å²) in [6, 6.07) is 26.0. The first-order chi connectivity index (χ1) is 14.7. The number of nitrogens with zero attached hydrogens (tertiary/aromatic N) is 3. The maximum atomic E-state index is 12.6. The molecule has 0 fully saturated rings. The molecule has 1 N–H and O–H groups in total. The molecule has 3 aromatic heterocycles. The van der Waals surface area contributed by atoms with Crippen molar-refractivity contribution in [3.05, 3.63) is 103 Å². The maximum absolute atomic E-state index is 12.6. The van der Waals surface area contributed by atoms with Crippen LogP contribution in [0.25, 0.3) is 27.8 Å². The summed E-state index contributed by atoms with van der Waals surface area (Å²) in [5.41, 5.74) is 4.35. The predicted octanol–water partition coefficient (Wildman–Crippen LogP) is 4.73. The van der Waals surface area contributed by atoms with E-state index in [9.17, 15) is 4.79 Å². The monoisotopic (exact) mass is 585 g/mol. The van der Waals surface area contributed by atoms with Gasteiger partial charge in [0.15, 0.2) is 5.82 Å². The largest absolute Gasteiger partial charge is 2.00 e.